The summed E-state index contributed by atoms with van der Waals surface area (Å²) in [4.78, 5) is 11.1. The van der Waals surface area contributed by atoms with Crippen LogP contribution in [0.15, 0.2) is 61.1 Å². The Kier molecular flexibility index (Phi) is 5.85. The molecule has 0 fully saturated rings. The van der Waals surface area contributed by atoms with E-state index in [0.717, 1.165) is 36.3 Å². The molecule has 32 heavy (non-hydrogen) atoms. The van der Waals surface area contributed by atoms with E-state index >= 15 is 0 Å². The second kappa shape index (κ2) is 8.74. The van der Waals surface area contributed by atoms with Gasteiger partial charge in [0.2, 0.25) is 0 Å². The van der Waals surface area contributed by atoms with E-state index in [1.54, 1.807) is 24.3 Å². The van der Waals surface area contributed by atoms with Gasteiger partial charge < -0.3 is 10.1 Å². The summed E-state index contributed by atoms with van der Waals surface area (Å²) >= 11 is 0. The van der Waals surface area contributed by atoms with Crippen molar-refractivity contribution in [1.82, 2.24) is 15.0 Å². The highest BCUT2D eigenvalue weighted by Crippen LogP contribution is 2.31. The van der Waals surface area contributed by atoms with Gasteiger partial charge in [0, 0.05) is 18.8 Å². The van der Waals surface area contributed by atoms with Gasteiger partial charge in [0.15, 0.2) is 0 Å². The Morgan fingerprint density at radius 3 is 2.34 bits per heavy atom. The summed E-state index contributed by atoms with van der Waals surface area (Å²) < 4.78 is 71.7. The van der Waals surface area contributed by atoms with Crippen LogP contribution in [0.5, 0.6) is 11.5 Å². The van der Waals surface area contributed by atoms with Crippen molar-refractivity contribution >= 4 is 16.7 Å². The lowest BCUT2D eigenvalue weighted by Gasteiger charge is -2.11. The molecule has 164 valence electrons. The first-order chi connectivity index (χ1) is 15.3. The first kappa shape index (κ1) is 21.4. The van der Waals surface area contributed by atoms with Gasteiger partial charge in [-0.1, -0.05) is 12.1 Å². The van der Waals surface area contributed by atoms with Crippen molar-refractivity contribution in [3.8, 4) is 11.5 Å². The smallest absolute Gasteiger partial charge is 0.433 e. The Hall–Kier alpha value is -3.82. The number of aromatic nitrogens is 3. The average molecular weight is 446 g/mol. The Balaban J connectivity index is 1.39. The zero-order valence-electron chi connectivity index (χ0n) is 16.3. The normalized spacial score (nSPS) is 11.5. The maximum Gasteiger partial charge on any atom is 0.433 e. The molecule has 1 N–H and O–H groups in total. The molecule has 0 atom stereocenters. The van der Waals surface area contributed by atoms with Crippen molar-refractivity contribution in [3.63, 3.8) is 0 Å². The molecule has 2 heterocycles. The monoisotopic (exact) mass is 446 g/mol. The third-order valence-corrected chi connectivity index (χ3v) is 4.58. The van der Waals surface area contributed by atoms with Crippen LogP contribution in [0.4, 0.5) is 27.8 Å². The molecule has 10 heteroatoms. The minimum atomic E-state index is -4.56. The van der Waals surface area contributed by atoms with Gasteiger partial charge in [-0.05, 0) is 42.3 Å². The minimum Gasteiger partial charge on any atom is -0.457 e. The molecule has 0 aliphatic carbocycles. The van der Waals surface area contributed by atoms with Crippen molar-refractivity contribution in [2.75, 3.05) is 11.9 Å². The predicted molar refractivity (Wildman–Crippen MR) is 107 cm³/mol. The molecule has 0 aliphatic heterocycles. The Labute approximate surface area is 178 Å². The van der Waals surface area contributed by atoms with E-state index in [4.69, 9.17) is 4.74 Å². The highest BCUT2D eigenvalue weighted by Gasteiger charge is 2.32. The highest BCUT2D eigenvalue weighted by molar-refractivity contribution is 5.89. The van der Waals surface area contributed by atoms with Gasteiger partial charge in [0.05, 0.1) is 5.39 Å². The standard InChI is InChI=1S/C22H15F5N4O/c23-16-5-6-17(24)20-19(16)21(31-12-30-20)29-9-7-13-1-3-14(4-2-13)32-15-8-10-28-18(11-15)22(25,26)27/h1-6,8,10-12H,7,9H2,(H,29,30,31). The molecule has 0 spiro atoms. The van der Waals surface area contributed by atoms with Crippen molar-refractivity contribution in [1.29, 1.82) is 0 Å². The Morgan fingerprint density at radius 1 is 0.844 bits per heavy atom. The quantitative estimate of drug-likeness (QED) is 0.381. The van der Waals surface area contributed by atoms with Gasteiger partial charge in [-0.25, -0.2) is 18.7 Å². The summed E-state index contributed by atoms with van der Waals surface area (Å²) in [5, 5.41) is 2.96. The van der Waals surface area contributed by atoms with Crippen LogP contribution in [0.2, 0.25) is 0 Å². The second-order valence-electron chi connectivity index (χ2n) is 6.77. The first-order valence-electron chi connectivity index (χ1n) is 9.44. The number of halogens is 5. The topological polar surface area (TPSA) is 59.9 Å². The van der Waals surface area contributed by atoms with E-state index in [-0.39, 0.29) is 22.5 Å². The van der Waals surface area contributed by atoms with Crippen molar-refractivity contribution in [2.45, 2.75) is 12.6 Å². The zero-order chi connectivity index (χ0) is 22.7. The van der Waals surface area contributed by atoms with E-state index in [9.17, 15) is 22.0 Å². The molecular weight excluding hydrogens is 431 g/mol. The van der Waals surface area contributed by atoms with Crippen molar-refractivity contribution in [2.24, 2.45) is 0 Å². The molecule has 0 unspecified atom stereocenters. The third-order valence-electron chi connectivity index (χ3n) is 4.58. The lowest BCUT2D eigenvalue weighted by atomic mass is 10.1. The minimum absolute atomic E-state index is 0.0200. The molecule has 2 aromatic carbocycles. The van der Waals surface area contributed by atoms with Crippen molar-refractivity contribution in [3.05, 3.63) is 83.9 Å². The number of nitrogens with zero attached hydrogens (tertiary/aromatic N) is 3. The summed E-state index contributed by atoms with van der Waals surface area (Å²) in [6.45, 7) is 0.377. The molecule has 0 amide bonds. The zero-order valence-corrected chi connectivity index (χ0v) is 16.3. The van der Waals surface area contributed by atoms with Crippen LogP contribution < -0.4 is 10.1 Å². The molecule has 2 aromatic heterocycles. The Bertz CT molecular complexity index is 1250. The van der Waals surface area contributed by atoms with Crippen LogP contribution in [0.25, 0.3) is 10.9 Å². The van der Waals surface area contributed by atoms with E-state index in [1.165, 1.54) is 6.07 Å². The fourth-order valence-electron chi connectivity index (χ4n) is 3.05. The number of benzene rings is 2. The van der Waals surface area contributed by atoms with Gasteiger partial charge in [-0.3, -0.25) is 4.98 Å². The molecule has 0 saturated carbocycles. The summed E-state index contributed by atoms with van der Waals surface area (Å²) in [5.74, 6) is -0.702. The maximum atomic E-state index is 14.1. The lowest BCUT2D eigenvalue weighted by molar-refractivity contribution is -0.141. The number of rotatable bonds is 6. The molecule has 0 radical (unpaired) electrons. The summed E-state index contributed by atoms with van der Waals surface area (Å²) in [6.07, 6.45) is -1.84. The van der Waals surface area contributed by atoms with E-state index in [0.29, 0.717) is 18.7 Å². The molecule has 4 rings (SSSR count). The highest BCUT2D eigenvalue weighted by atomic mass is 19.4. The van der Waals surface area contributed by atoms with Gasteiger partial charge in [0.25, 0.3) is 0 Å². The fraction of sp³-hybridized carbons (Fsp3) is 0.136. The van der Waals surface area contributed by atoms with Crippen LogP contribution >= 0.6 is 0 Å². The maximum absolute atomic E-state index is 14.1. The van der Waals surface area contributed by atoms with Crippen LogP contribution in [0, 0.1) is 11.6 Å². The van der Waals surface area contributed by atoms with E-state index in [2.05, 4.69) is 20.3 Å². The second-order valence-corrected chi connectivity index (χ2v) is 6.77. The van der Waals surface area contributed by atoms with Crippen LogP contribution in [-0.4, -0.2) is 21.5 Å². The number of hydrogen-bond donors (Lipinski definition) is 1. The predicted octanol–water partition coefficient (Wildman–Crippen LogP) is 5.77. The largest absolute Gasteiger partial charge is 0.457 e. The van der Waals surface area contributed by atoms with Crippen molar-refractivity contribution < 1.29 is 26.7 Å². The molecule has 0 saturated heterocycles. The van der Waals surface area contributed by atoms with Crippen LogP contribution in [0.3, 0.4) is 0 Å². The van der Waals surface area contributed by atoms with Gasteiger partial charge >= 0.3 is 6.18 Å². The van der Waals surface area contributed by atoms with Gasteiger partial charge in [-0.15, -0.1) is 0 Å². The number of ether oxygens (including phenoxy) is 1. The number of hydrogen-bond acceptors (Lipinski definition) is 5. The molecular formula is C22H15F5N4O. The Morgan fingerprint density at radius 2 is 1.59 bits per heavy atom. The summed E-state index contributed by atoms with van der Waals surface area (Å²) in [7, 11) is 0. The van der Waals surface area contributed by atoms with Gasteiger partial charge in [0.1, 0.15) is 46.5 Å². The molecule has 5 nitrogen and oxygen atoms in total. The van der Waals surface area contributed by atoms with Gasteiger partial charge in [-0.2, -0.15) is 13.2 Å². The number of alkyl halides is 3. The molecule has 0 bridgehead atoms. The number of nitrogens with one attached hydrogen (secondary N) is 1. The summed E-state index contributed by atoms with van der Waals surface area (Å²) in [5.41, 5.74) is -0.249. The van der Waals surface area contributed by atoms with Crippen LogP contribution in [-0.2, 0) is 12.6 Å². The molecule has 0 aliphatic rings. The number of fused-ring (bicyclic) bond motifs is 1. The average Bonchev–Trinajstić information content (AvgIpc) is 2.77. The summed E-state index contributed by atoms with van der Waals surface area (Å²) in [6, 6.07) is 10.9. The third kappa shape index (κ3) is 4.74. The first-order valence-corrected chi connectivity index (χ1v) is 9.44. The van der Waals surface area contributed by atoms with E-state index in [1.807, 2.05) is 0 Å². The number of anilines is 1. The fourth-order valence-corrected chi connectivity index (χ4v) is 3.05. The molecule has 4 aromatic rings. The van der Waals surface area contributed by atoms with E-state index < -0.39 is 23.5 Å². The van der Waals surface area contributed by atoms with Crippen LogP contribution in [0.1, 0.15) is 11.3 Å². The SMILES string of the molecule is Fc1ccc(F)c2c(NCCc3ccc(Oc4ccnc(C(F)(F)F)c4)cc3)ncnc12. The lowest BCUT2D eigenvalue weighted by Crippen LogP contribution is -2.08. The number of pyridine rings is 1.